The van der Waals surface area contributed by atoms with Gasteiger partial charge in [0, 0.05) is 33.2 Å². The van der Waals surface area contributed by atoms with Crippen LogP contribution in [-0.4, -0.2) is 57.4 Å². The van der Waals surface area contributed by atoms with Crippen molar-refractivity contribution >= 4 is 40.0 Å². The summed E-state index contributed by atoms with van der Waals surface area (Å²) >= 11 is 0. The van der Waals surface area contributed by atoms with Gasteiger partial charge < -0.3 is 10.6 Å². The van der Waals surface area contributed by atoms with Crippen molar-refractivity contribution in [2.45, 2.75) is 31.7 Å². The summed E-state index contributed by atoms with van der Waals surface area (Å²) in [7, 11) is -3.64. The molecule has 0 atom stereocenters. The molecule has 0 aromatic heterocycles. The first-order valence-corrected chi connectivity index (χ1v) is 10.7. The molecule has 30 heavy (non-hydrogen) atoms. The smallest absolute Gasteiger partial charge is 0.356 e. The van der Waals surface area contributed by atoms with E-state index in [1.54, 1.807) is 13.1 Å². The molecule has 1 aromatic carbocycles. The number of alkyl halides is 3. The molecule has 1 aromatic rings. The van der Waals surface area contributed by atoms with Gasteiger partial charge in [-0.1, -0.05) is 6.07 Å². The number of nitrogens with one attached hydrogen (secondary N) is 2. The molecule has 172 valence electrons. The molecule has 6 nitrogen and oxygen atoms in total. The number of guanidine groups is 1. The molecule has 1 aliphatic heterocycles. The Morgan fingerprint density at radius 3 is 2.40 bits per heavy atom. The first kappa shape index (κ1) is 26.9. The summed E-state index contributed by atoms with van der Waals surface area (Å²) in [6.45, 7) is 2.61. The third kappa shape index (κ3) is 7.22. The largest absolute Gasteiger partial charge is 0.511 e. The molecule has 0 radical (unpaired) electrons. The number of hydrogen-bond donors (Lipinski definition) is 2. The van der Waals surface area contributed by atoms with E-state index in [1.807, 2.05) is 6.92 Å². The first-order valence-electron chi connectivity index (χ1n) is 9.30. The highest BCUT2D eigenvalue weighted by Crippen LogP contribution is 2.30. The van der Waals surface area contributed by atoms with E-state index in [0.717, 1.165) is 11.1 Å². The average molecular weight is 566 g/mol. The van der Waals surface area contributed by atoms with E-state index in [-0.39, 0.29) is 48.8 Å². The van der Waals surface area contributed by atoms with E-state index in [2.05, 4.69) is 15.6 Å². The molecule has 0 bridgehead atoms. The van der Waals surface area contributed by atoms with Crippen molar-refractivity contribution in [1.82, 2.24) is 14.9 Å². The maximum atomic E-state index is 13.1. The lowest BCUT2D eigenvalue weighted by Crippen LogP contribution is -2.47. The van der Waals surface area contributed by atoms with Crippen LogP contribution in [0.3, 0.4) is 0 Å². The normalized spacial score (nSPS) is 16.8. The van der Waals surface area contributed by atoms with Crippen molar-refractivity contribution in [3.8, 4) is 0 Å². The number of benzene rings is 1. The Hall–Kier alpha value is -1.15. The molecule has 2 N–H and O–H groups in total. The summed E-state index contributed by atoms with van der Waals surface area (Å²) in [5.74, 6) is 0.327. The van der Waals surface area contributed by atoms with Crippen molar-refractivity contribution in [2.24, 2.45) is 10.9 Å². The lowest BCUT2D eigenvalue weighted by Gasteiger charge is -2.31. The molecular formula is C18H27F4IN4O2S. The van der Waals surface area contributed by atoms with Gasteiger partial charge in [0.25, 0.3) is 0 Å². The number of sulfonamides is 1. The minimum atomic E-state index is -5.26. The SMILES string of the molecule is CN=C(NCCc1ccc(F)cc1C)NCC1CCN(S(=O)(=O)C(F)(F)F)CC1.I. The van der Waals surface area contributed by atoms with Gasteiger partial charge in [0.1, 0.15) is 5.82 Å². The minimum absolute atomic E-state index is 0. The Morgan fingerprint density at radius 1 is 1.23 bits per heavy atom. The Bertz CT molecular complexity index is 826. The Morgan fingerprint density at radius 2 is 1.87 bits per heavy atom. The highest BCUT2D eigenvalue weighted by Gasteiger charge is 2.50. The average Bonchev–Trinajstić information content (AvgIpc) is 2.65. The van der Waals surface area contributed by atoms with Crippen molar-refractivity contribution < 1.29 is 26.0 Å². The number of hydrogen-bond acceptors (Lipinski definition) is 3. The second-order valence-electron chi connectivity index (χ2n) is 6.99. The van der Waals surface area contributed by atoms with E-state index in [1.165, 1.54) is 12.1 Å². The van der Waals surface area contributed by atoms with E-state index < -0.39 is 15.5 Å². The van der Waals surface area contributed by atoms with Crippen LogP contribution < -0.4 is 10.6 Å². The molecule has 0 unspecified atom stereocenters. The maximum absolute atomic E-state index is 13.1. The molecule has 0 aliphatic carbocycles. The standard InChI is InChI=1S/C18H26F4N4O2S.HI/c1-13-11-16(19)4-3-15(13)5-8-24-17(23-2)25-12-14-6-9-26(10-7-14)29(27,28)18(20,21)22;/h3-4,11,14H,5-10,12H2,1-2H3,(H2,23,24,25);1H. The molecule has 12 heteroatoms. The van der Waals surface area contributed by atoms with Crippen LogP contribution in [-0.2, 0) is 16.4 Å². The summed E-state index contributed by atoms with van der Waals surface area (Å²) in [6.07, 6.45) is 1.36. The van der Waals surface area contributed by atoms with Gasteiger partial charge in [-0.2, -0.15) is 17.5 Å². The predicted octanol–water partition coefficient (Wildman–Crippen LogP) is 3.02. The van der Waals surface area contributed by atoms with Crippen LogP contribution >= 0.6 is 24.0 Å². The fourth-order valence-corrected chi connectivity index (χ4v) is 4.20. The topological polar surface area (TPSA) is 73.8 Å². The van der Waals surface area contributed by atoms with E-state index >= 15 is 0 Å². The highest BCUT2D eigenvalue weighted by molar-refractivity contribution is 14.0. The van der Waals surface area contributed by atoms with Gasteiger partial charge in [-0.05, 0) is 55.4 Å². The van der Waals surface area contributed by atoms with Crippen LogP contribution in [0, 0.1) is 18.7 Å². The summed E-state index contributed by atoms with van der Waals surface area (Å²) < 4.78 is 74.4. The van der Waals surface area contributed by atoms with E-state index in [0.29, 0.717) is 42.6 Å². The number of rotatable bonds is 6. The fourth-order valence-electron chi connectivity index (χ4n) is 3.22. The second-order valence-corrected chi connectivity index (χ2v) is 8.92. The van der Waals surface area contributed by atoms with Crippen molar-refractivity contribution in [3.63, 3.8) is 0 Å². The van der Waals surface area contributed by atoms with E-state index in [4.69, 9.17) is 0 Å². The minimum Gasteiger partial charge on any atom is -0.356 e. The molecule has 1 saturated heterocycles. The lowest BCUT2D eigenvalue weighted by atomic mass is 9.98. The van der Waals surface area contributed by atoms with Crippen LogP contribution in [0.5, 0.6) is 0 Å². The van der Waals surface area contributed by atoms with Gasteiger partial charge in [-0.15, -0.1) is 24.0 Å². The van der Waals surface area contributed by atoms with Gasteiger partial charge in [-0.3, -0.25) is 4.99 Å². The lowest BCUT2D eigenvalue weighted by molar-refractivity contribution is -0.0496. The monoisotopic (exact) mass is 566 g/mol. The Kier molecular flexibility index (Phi) is 10.3. The zero-order valence-corrected chi connectivity index (χ0v) is 19.9. The van der Waals surface area contributed by atoms with E-state index in [9.17, 15) is 26.0 Å². The predicted molar refractivity (Wildman–Crippen MR) is 119 cm³/mol. The highest BCUT2D eigenvalue weighted by atomic mass is 127. The number of aryl methyl sites for hydroxylation is 1. The summed E-state index contributed by atoms with van der Waals surface area (Å²) in [6, 6.07) is 4.64. The van der Waals surface area contributed by atoms with Crippen LogP contribution in [0.1, 0.15) is 24.0 Å². The molecule has 1 fully saturated rings. The molecule has 0 spiro atoms. The first-order chi connectivity index (χ1) is 13.5. The zero-order chi connectivity index (χ0) is 21.7. The van der Waals surface area contributed by atoms with Crippen molar-refractivity contribution in [3.05, 3.63) is 35.1 Å². The summed E-state index contributed by atoms with van der Waals surface area (Å²) in [5, 5.41) is 6.26. The van der Waals surface area contributed by atoms with Crippen LogP contribution in [0.15, 0.2) is 23.2 Å². The van der Waals surface area contributed by atoms with Gasteiger partial charge in [-0.25, -0.2) is 12.8 Å². The maximum Gasteiger partial charge on any atom is 0.511 e. The molecule has 0 saturated carbocycles. The third-order valence-electron chi connectivity index (χ3n) is 4.98. The van der Waals surface area contributed by atoms with Crippen LogP contribution in [0.2, 0.25) is 0 Å². The number of nitrogens with zero attached hydrogens (tertiary/aromatic N) is 2. The fraction of sp³-hybridized carbons (Fsp3) is 0.611. The van der Waals surface area contributed by atoms with Crippen molar-refractivity contribution in [2.75, 3.05) is 33.2 Å². The van der Waals surface area contributed by atoms with Gasteiger partial charge in [0.15, 0.2) is 5.96 Å². The molecule has 1 heterocycles. The molecule has 1 aliphatic rings. The number of halogens is 5. The summed E-state index contributed by atoms with van der Waals surface area (Å²) in [4.78, 5) is 4.11. The quantitative estimate of drug-likeness (QED) is 0.241. The second kappa shape index (κ2) is 11.5. The van der Waals surface area contributed by atoms with Gasteiger partial charge in [0.2, 0.25) is 0 Å². The van der Waals surface area contributed by atoms with Gasteiger partial charge in [0.05, 0.1) is 0 Å². The molecule has 0 amide bonds. The molecule has 2 rings (SSSR count). The molecular weight excluding hydrogens is 539 g/mol. The van der Waals surface area contributed by atoms with Gasteiger partial charge >= 0.3 is 15.5 Å². The number of aliphatic imine (C=N–C) groups is 1. The van der Waals surface area contributed by atoms with Crippen LogP contribution in [0.4, 0.5) is 17.6 Å². The van der Waals surface area contributed by atoms with Crippen molar-refractivity contribution in [1.29, 1.82) is 0 Å². The third-order valence-corrected chi connectivity index (χ3v) is 6.61. The Balaban J connectivity index is 0.00000450. The number of piperidine rings is 1. The summed E-state index contributed by atoms with van der Waals surface area (Å²) in [5.41, 5.74) is -3.37. The Labute approximate surface area is 191 Å². The zero-order valence-electron chi connectivity index (χ0n) is 16.8. The van der Waals surface area contributed by atoms with Crippen LogP contribution in [0.25, 0.3) is 0 Å².